The van der Waals surface area contributed by atoms with Crippen molar-refractivity contribution in [3.63, 3.8) is 0 Å². The normalized spacial score (nSPS) is 19.3. The van der Waals surface area contributed by atoms with E-state index in [9.17, 15) is 14.4 Å². The Morgan fingerprint density at radius 2 is 1.88 bits per heavy atom. The number of likely N-dealkylation sites (tertiary alicyclic amines) is 2. The second-order valence-corrected chi connectivity index (χ2v) is 8.87. The van der Waals surface area contributed by atoms with E-state index in [1.54, 1.807) is 23.4 Å². The van der Waals surface area contributed by atoms with E-state index >= 15 is 0 Å². The molecule has 0 saturated carbocycles. The van der Waals surface area contributed by atoms with Crippen LogP contribution in [0.3, 0.4) is 0 Å². The Morgan fingerprint density at radius 1 is 1.09 bits per heavy atom. The largest absolute Gasteiger partial charge is 0.349 e. The first-order valence-electron chi connectivity index (χ1n) is 11.4. The summed E-state index contributed by atoms with van der Waals surface area (Å²) in [6.07, 6.45) is 3.30. The molecule has 0 radical (unpaired) electrons. The number of carbonyl (C=O) groups is 3. The maximum Gasteiger partial charge on any atom is 0.251 e. The number of amides is 3. The van der Waals surface area contributed by atoms with Gasteiger partial charge in [-0.3, -0.25) is 14.4 Å². The van der Waals surface area contributed by atoms with Crippen LogP contribution < -0.4 is 5.32 Å². The van der Waals surface area contributed by atoms with Crippen molar-refractivity contribution < 1.29 is 14.4 Å². The molecule has 3 heterocycles. The van der Waals surface area contributed by atoms with Crippen LogP contribution in [0.25, 0.3) is 11.0 Å². The summed E-state index contributed by atoms with van der Waals surface area (Å²) in [5, 5.41) is 3.09. The van der Waals surface area contributed by atoms with Crippen molar-refractivity contribution in [3.8, 4) is 0 Å². The summed E-state index contributed by atoms with van der Waals surface area (Å²) >= 11 is 0. The Hall–Kier alpha value is -3.68. The number of aromatic nitrogens is 2. The molecular formula is C25H27N5O3. The van der Waals surface area contributed by atoms with Gasteiger partial charge < -0.3 is 20.1 Å². The number of piperidine rings is 1. The highest BCUT2D eigenvalue weighted by atomic mass is 16.2. The van der Waals surface area contributed by atoms with Crippen LogP contribution in [0.2, 0.25) is 0 Å². The van der Waals surface area contributed by atoms with Crippen molar-refractivity contribution in [3.05, 3.63) is 66.0 Å². The minimum absolute atomic E-state index is 0.0267. The molecule has 0 bridgehead atoms. The van der Waals surface area contributed by atoms with Gasteiger partial charge in [-0.05, 0) is 36.6 Å². The molecule has 2 fully saturated rings. The van der Waals surface area contributed by atoms with Gasteiger partial charge in [-0.15, -0.1) is 0 Å². The van der Waals surface area contributed by atoms with Crippen molar-refractivity contribution in [1.29, 1.82) is 0 Å². The van der Waals surface area contributed by atoms with E-state index in [1.807, 2.05) is 41.3 Å². The first-order chi connectivity index (χ1) is 16.1. The fourth-order valence-electron chi connectivity index (χ4n) is 4.74. The standard InChI is InChI=1S/C25H27N5O3/c31-23-13-19(15-30(23)14-17-4-2-1-3-5-17)25(33)29-10-8-20(9-11-29)28-24(32)18-6-7-21-22(12-18)27-16-26-21/h1-7,12,16,19-20H,8-11,13-15H2,(H,26,27)(H,28,32). The fraction of sp³-hybridized carbons (Fsp3) is 0.360. The number of nitrogens with zero attached hydrogens (tertiary/aromatic N) is 3. The average molecular weight is 446 g/mol. The molecule has 2 saturated heterocycles. The second-order valence-electron chi connectivity index (χ2n) is 8.87. The lowest BCUT2D eigenvalue weighted by atomic mass is 10.0. The lowest BCUT2D eigenvalue weighted by Crippen LogP contribution is -2.48. The van der Waals surface area contributed by atoms with E-state index in [0.717, 1.165) is 16.6 Å². The quantitative estimate of drug-likeness (QED) is 0.630. The molecule has 5 rings (SSSR count). The first-order valence-corrected chi connectivity index (χ1v) is 11.4. The van der Waals surface area contributed by atoms with Gasteiger partial charge in [0.25, 0.3) is 5.91 Å². The van der Waals surface area contributed by atoms with E-state index in [-0.39, 0.29) is 36.1 Å². The number of H-pyrrole nitrogens is 1. The van der Waals surface area contributed by atoms with Crippen LogP contribution in [-0.4, -0.2) is 63.2 Å². The van der Waals surface area contributed by atoms with Crippen LogP contribution in [-0.2, 0) is 16.1 Å². The summed E-state index contributed by atoms with van der Waals surface area (Å²) in [5.41, 5.74) is 3.32. The monoisotopic (exact) mass is 445 g/mol. The van der Waals surface area contributed by atoms with E-state index in [0.29, 0.717) is 44.6 Å². The summed E-state index contributed by atoms with van der Waals surface area (Å²) in [6, 6.07) is 15.3. The maximum atomic E-state index is 13.0. The number of carbonyl (C=O) groups excluding carboxylic acids is 3. The number of imidazole rings is 1. The summed E-state index contributed by atoms with van der Waals surface area (Å²) < 4.78 is 0. The first kappa shape index (κ1) is 21.2. The van der Waals surface area contributed by atoms with Crippen molar-refractivity contribution in [2.45, 2.75) is 31.8 Å². The zero-order chi connectivity index (χ0) is 22.8. The molecule has 0 spiro atoms. The minimum Gasteiger partial charge on any atom is -0.349 e. The van der Waals surface area contributed by atoms with Crippen LogP contribution >= 0.6 is 0 Å². The smallest absolute Gasteiger partial charge is 0.251 e. The summed E-state index contributed by atoms with van der Waals surface area (Å²) in [5.74, 6) is -0.315. The molecule has 2 aliphatic heterocycles. The van der Waals surface area contributed by atoms with E-state index in [1.165, 1.54) is 0 Å². The molecule has 2 aliphatic rings. The molecule has 33 heavy (non-hydrogen) atoms. The zero-order valence-corrected chi connectivity index (χ0v) is 18.4. The van der Waals surface area contributed by atoms with Crippen molar-refractivity contribution in [2.24, 2.45) is 5.92 Å². The number of rotatable bonds is 5. The van der Waals surface area contributed by atoms with Crippen molar-refractivity contribution in [1.82, 2.24) is 25.1 Å². The van der Waals surface area contributed by atoms with Gasteiger partial charge in [-0.25, -0.2) is 4.98 Å². The van der Waals surface area contributed by atoms with Gasteiger partial charge in [0.05, 0.1) is 23.3 Å². The van der Waals surface area contributed by atoms with Crippen LogP contribution in [0.4, 0.5) is 0 Å². The molecule has 8 heteroatoms. The molecule has 2 aromatic carbocycles. The number of nitrogens with one attached hydrogen (secondary N) is 2. The number of hydrogen-bond donors (Lipinski definition) is 2. The molecular weight excluding hydrogens is 418 g/mol. The van der Waals surface area contributed by atoms with Crippen molar-refractivity contribution >= 4 is 28.8 Å². The highest BCUT2D eigenvalue weighted by Crippen LogP contribution is 2.24. The van der Waals surface area contributed by atoms with Crippen LogP contribution in [0.5, 0.6) is 0 Å². The lowest BCUT2D eigenvalue weighted by Gasteiger charge is -2.33. The summed E-state index contributed by atoms with van der Waals surface area (Å²) in [4.78, 5) is 49.0. The Morgan fingerprint density at radius 3 is 2.67 bits per heavy atom. The lowest BCUT2D eigenvalue weighted by molar-refractivity contribution is -0.136. The third-order valence-corrected chi connectivity index (χ3v) is 6.60. The molecule has 1 atom stereocenters. The highest BCUT2D eigenvalue weighted by molar-refractivity contribution is 5.97. The van der Waals surface area contributed by atoms with Gasteiger partial charge >= 0.3 is 0 Å². The summed E-state index contributed by atoms with van der Waals surface area (Å²) in [7, 11) is 0. The maximum absolute atomic E-state index is 13.0. The van der Waals surface area contributed by atoms with Gasteiger partial charge in [0.1, 0.15) is 0 Å². The SMILES string of the molecule is O=C(NC1CCN(C(=O)C2CC(=O)N(Cc3ccccc3)C2)CC1)c1ccc2nc[nH]c2c1. The molecule has 170 valence electrons. The topological polar surface area (TPSA) is 98.4 Å². The number of fused-ring (bicyclic) bond motifs is 1. The molecule has 1 unspecified atom stereocenters. The highest BCUT2D eigenvalue weighted by Gasteiger charge is 2.37. The van der Waals surface area contributed by atoms with Gasteiger partial charge in [0.2, 0.25) is 11.8 Å². The Labute approximate surface area is 192 Å². The number of benzene rings is 2. The predicted molar refractivity (Wildman–Crippen MR) is 123 cm³/mol. The Balaban J connectivity index is 1.12. The molecule has 3 aromatic rings. The number of aromatic amines is 1. The molecule has 8 nitrogen and oxygen atoms in total. The van der Waals surface area contributed by atoms with Crippen LogP contribution in [0, 0.1) is 5.92 Å². The minimum atomic E-state index is -0.284. The van der Waals surface area contributed by atoms with Gasteiger partial charge in [0, 0.05) is 44.2 Å². The Bertz CT molecular complexity index is 1170. The summed E-state index contributed by atoms with van der Waals surface area (Å²) in [6.45, 7) is 2.20. The van der Waals surface area contributed by atoms with Gasteiger partial charge in [0.15, 0.2) is 0 Å². The molecule has 1 aromatic heterocycles. The van der Waals surface area contributed by atoms with Crippen molar-refractivity contribution in [2.75, 3.05) is 19.6 Å². The fourth-order valence-corrected chi connectivity index (χ4v) is 4.74. The Kier molecular flexibility index (Phi) is 5.81. The van der Waals surface area contributed by atoms with Gasteiger partial charge in [-0.1, -0.05) is 30.3 Å². The number of hydrogen-bond acceptors (Lipinski definition) is 4. The van der Waals surface area contributed by atoms with Crippen LogP contribution in [0.1, 0.15) is 35.2 Å². The zero-order valence-electron chi connectivity index (χ0n) is 18.4. The third-order valence-electron chi connectivity index (χ3n) is 6.60. The molecule has 3 amide bonds. The van der Waals surface area contributed by atoms with Crippen LogP contribution in [0.15, 0.2) is 54.9 Å². The second kappa shape index (κ2) is 9.05. The van der Waals surface area contributed by atoms with E-state index < -0.39 is 0 Å². The third kappa shape index (κ3) is 4.60. The average Bonchev–Trinajstić information content (AvgIpc) is 3.46. The van der Waals surface area contributed by atoms with E-state index in [2.05, 4.69) is 15.3 Å². The molecule has 0 aliphatic carbocycles. The molecule has 2 N–H and O–H groups in total. The van der Waals surface area contributed by atoms with E-state index in [4.69, 9.17) is 0 Å². The van der Waals surface area contributed by atoms with Gasteiger partial charge in [-0.2, -0.15) is 0 Å². The predicted octanol–water partition coefficient (Wildman–Crippen LogP) is 2.33.